The Balaban J connectivity index is 2.09. The van der Waals surface area contributed by atoms with Crippen molar-refractivity contribution in [2.24, 2.45) is 11.8 Å². The Morgan fingerprint density at radius 3 is 2.94 bits per heavy atom. The minimum absolute atomic E-state index is 0.189. The fourth-order valence-electron chi connectivity index (χ4n) is 2.23. The van der Waals surface area contributed by atoms with Crippen molar-refractivity contribution in [1.82, 2.24) is 14.9 Å². The highest BCUT2D eigenvalue weighted by Gasteiger charge is 2.28. The number of hydrogen-bond acceptors (Lipinski definition) is 5. The van der Waals surface area contributed by atoms with E-state index in [2.05, 4.69) is 22.3 Å². The topological polar surface area (TPSA) is 84.1 Å². The van der Waals surface area contributed by atoms with E-state index in [1.54, 1.807) is 6.07 Å². The molecule has 1 amide bonds. The van der Waals surface area contributed by atoms with Crippen LogP contribution >= 0.6 is 0 Å². The Morgan fingerprint density at radius 2 is 2.33 bits per heavy atom. The lowest BCUT2D eigenvalue weighted by Crippen LogP contribution is -2.26. The Morgan fingerprint density at radius 1 is 1.56 bits per heavy atom. The smallest absolute Gasteiger partial charge is 0.223 e. The van der Waals surface area contributed by atoms with Gasteiger partial charge in [0.15, 0.2) is 0 Å². The fourth-order valence-corrected chi connectivity index (χ4v) is 2.23. The average molecular weight is 249 g/mol. The summed E-state index contributed by atoms with van der Waals surface area (Å²) < 4.78 is 0. The highest BCUT2D eigenvalue weighted by atomic mass is 16.2. The van der Waals surface area contributed by atoms with Crippen molar-refractivity contribution in [2.75, 3.05) is 12.0 Å². The van der Waals surface area contributed by atoms with Gasteiger partial charge in [0.05, 0.1) is 6.54 Å². The number of aryl methyl sites for hydroxylation is 1. The molecule has 0 aliphatic carbocycles. The number of likely N-dealkylation sites (tertiary alicyclic amines) is 1. The average Bonchev–Trinajstić information content (AvgIpc) is 2.69. The van der Waals surface area contributed by atoms with E-state index in [1.807, 2.05) is 11.8 Å². The van der Waals surface area contributed by atoms with Crippen LogP contribution in [0.5, 0.6) is 0 Å². The molecule has 6 heteroatoms. The van der Waals surface area contributed by atoms with Crippen molar-refractivity contribution in [3.05, 3.63) is 17.6 Å². The van der Waals surface area contributed by atoms with Gasteiger partial charge in [0.25, 0.3) is 0 Å². The molecule has 1 aromatic rings. The van der Waals surface area contributed by atoms with Crippen LogP contribution in [0.3, 0.4) is 0 Å². The zero-order chi connectivity index (χ0) is 13.1. The van der Waals surface area contributed by atoms with Crippen LogP contribution in [-0.2, 0) is 11.3 Å². The minimum atomic E-state index is 0.189. The summed E-state index contributed by atoms with van der Waals surface area (Å²) in [5.74, 6) is 7.21. The second kappa shape index (κ2) is 5.30. The molecule has 1 aliphatic heterocycles. The Labute approximate surface area is 107 Å². The van der Waals surface area contributed by atoms with E-state index < -0.39 is 0 Å². The zero-order valence-electron chi connectivity index (χ0n) is 10.8. The first-order valence-corrected chi connectivity index (χ1v) is 6.21. The van der Waals surface area contributed by atoms with Gasteiger partial charge in [-0.3, -0.25) is 4.79 Å². The SMILES string of the molecule is CCC1CC(=O)N(Cc2nc(C)cc(NN)n2)C1. The van der Waals surface area contributed by atoms with Crippen molar-refractivity contribution in [1.29, 1.82) is 0 Å². The van der Waals surface area contributed by atoms with Gasteiger partial charge in [-0.1, -0.05) is 13.3 Å². The first-order valence-electron chi connectivity index (χ1n) is 6.21. The monoisotopic (exact) mass is 249 g/mol. The van der Waals surface area contributed by atoms with Gasteiger partial charge in [-0.05, 0) is 12.8 Å². The van der Waals surface area contributed by atoms with Crippen molar-refractivity contribution in [2.45, 2.75) is 33.2 Å². The second-order valence-electron chi connectivity index (χ2n) is 4.71. The lowest BCUT2D eigenvalue weighted by atomic mass is 10.1. The number of nitrogen functional groups attached to an aromatic ring is 1. The van der Waals surface area contributed by atoms with Gasteiger partial charge >= 0.3 is 0 Å². The van der Waals surface area contributed by atoms with Crippen LogP contribution < -0.4 is 11.3 Å². The second-order valence-corrected chi connectivity index (χ2v) is 4.71. The Kier molecular flexibility index (Phi) is 3.76. The molecule has 0 radical (unpaired) electrons. The van der Waals surface area contributed by atoms with Gasteiger partial charge in [-0.25, -0.2) is 15.8 Å². The number of carbonyl (C=O) groups excluding carboxylic acids is 1. The van der Waals surface area contributed by atoms with Crippen LogP contribution in [0, 0.1) is 12.8 Å². The maximum absolute atomic E-state index is 11.8. The van der Waals surface area contributed by atoms with Crippen LogP contribution in [0.4, 0.5) is 5.82 Å². The largest absolute Gasteiger partial charge is 0.335 e. The number of anilines is 1. The predicted molar refractivity (Wildman–Crippen MR) is 68.4 cm³/mol. The lowest BCUT2D eigenvalue weighted by molar-refractivity contribution is -0.128. The van der Waals surface area contributed by atoms with Crippen LogP contribution in [0.15, 0.2) is 6.07 Å². The van der Waals surface area contributed by atoms with E-state index in [4.69, 9.17) is 5.84 Å². The number of hydrogen-bond donors (Lipinski definition) is 2. The summed E-state index contributed by atoms with van der Waals surface area (Å²) >= 11 is 0. The molecule has 1 atom stereocenters. The lowest BCUT2D eigenvalue weighted by Gasteiger charge is -2.16. The van der Waals surface area contributed by atoms with E-state index >= 15 is 0 Å². The Bertz CT molecular complexity index is 448. The van der Waals surface area contributed by atoms with Gasteiger partial charge in [0.2, 0.25) is 5.91 Å². The summed E-state index contributed by atoms with van der Waals surface area (Å²) in [5, 5.41) is 0. The van der Waals surface area contributed by atoms with Gasteiger partial charge in [0, 0.05) is 24.7 Å². The number of nitrogens with one attached hydrogen (secondary N) is 1. The third kappa shape index (κ3) is 2.76. The van der Waals surface area contributed by atoms with E-state index in [0.29, 0.717) is 30.5 Å². The molecule has 98 valence electrons. The number of carbonyl (C=O) groups is 1. The third-order valence-corrected chi connectivity index (χ3v) is 3.25. The Hall–Kier alpha value is -1.69. The number of nitrogens with two attached hydrogens (primary N) is 1. The molecule has 1 unspecified atom stereocenters. The normalized spacial score (nSPS) is 19.4. The summed E-state index contributed by atoms with van der Waals surface area (Å²) in [6.45, 7) is 5.26. The summed E-state index contributed by atoms with van der Waals surface area (Å²) in [6, 6.07) is 1.77. The highest BCUT2D eigenvalue weighted by molar-refractivity contribution is 5.78. The predicted octanol–water partition coefficient (Wildman–Crippen LogP) is 0.829. The van der Waals surface area contributed by atoms with Crippen molar-refractivity contribution in [3.63, 3.8) is 0 Å². The van der Waals surface area contributed by atoms with Crippen molar-refractivity contribution >= 4 is 11.7 Å². The van der Waals surface area contributed by atoms with E-state index in [-0.39, 0.29) is 5.91 Å². The molecule has 2 rings (SSSR count). The first kappa shape index (κ1) is 12.8. The van der Waals surface area contributed by atoms with E-state index in [0.717, 1.165) is 18.7 Å². The molecule has 0 bridgehead atoms. The van der Waals surface area contributed by atoms with Gasteiger partial charge in [-0.15, -0.1) is 0 Å². The van der Waals surface area contributed by atoms with Gasteiger partial charge in [-0.2, -0.15) is 0 Å². The summed E-state index contributed by atoms with van der Waals surface area (Å²) in [6.07, 6.45) is 1.68. The molecular weight excluding hydrogens is 230 g/mol. The number of aromatic nitrogens is 2. The summed E-state index contributed by atoms with van der Waals surface area (Å²) in [4.78, 5) is 22.2. The highest BCUT2D eigenvalue weighted by Crippen LogP contribution is 2.21. The molecule has 0 spiro atoms. The molecule has 6 nitrogen and oxygen atoms in total. The minimum Gasteiger partial charge on any atom is -0.335 e. The maximum atomic E-state index is 11.8. The van der Waals surface area contributed by atoms with Crippen LogP contribution in [0.2, 0.25) is 0 Å². The molecule has 0 saturated carbocycles. The number of rotatable bonds is 4. The third-order valence-electron chi connectivity index (χ3n) is 3.25. The van der Waals surface area contributed by atoms with E-state index in [9.17, 15) is 4.79 Å². The quantitative estimate of drug-likeness (QED) is 0.610. The molecule has 18 heavy (non-hydrogen) atoms. The zero-order valence-corrected chi connectivity index (χ0v) is 10.8. The molecule has 1 aliphatic rings. The summed E-state index contributed by atoms with van der Waals surface area (Å²) in [7, 11) is 0. The molecule has 2 heterocycles. The number of hydrazine groups is 1. The number of nitrogens with zero attached hydrogens (tertiary/aromatic N) is 3. The standard InChI is InChI=1S/C12H19N5O/c1-3-9-5-12(18)17(6-9)7-11-14-8(2)4-10(15-11)16-13/h4,9H,3,5-7,13H2,1-2H3,(H,14,15,16). The molecule has 1 fully saturated rings. The molecule has 1 aromatic heterocycles. The molecule has 0 aromatic carbocycles. The van der Waals surface area contributed by atoms with E-state index in [1.165, 1.54) is 0 Å². The van der Waals surface area contributed by atoms with Crippen LogP contribution in [0.25, 0.3) is 0 Å². The van der Waals surface area contributed by atoms with Crippen LogP contribution in [-0.4, -0.2) is 27.3 Å². The molecule has 3 N–H and O–H groups in total. The first-order chi connectivity index (χ1) is 8.62. The van der Waals surface area contributed by atoms with Crippen LogP contribution in [0.1, 0.15) is 31.3 Å². The molecule has 1 saturated heterocycles. The van der Waals surface area contributed by atoms with Crippen molar-refractivity contribution in [3.8, 4) is 0 Å². The van der Waals surface area contributed by atoms with Gasteiger partial charge < -0.3 is 10.3 Å². The summed E-state index contributed by atoms with van der Waals surface area (Å²) in [5.41, 5.74) is 3.35. The van der Waals surface area contributed by atoms with Crippen molar-refractivity contribution < 1.29 is 4.79 Å². The fraction of sp³-hybridized carbons (Fsp3) is 0.583. The maximum Gasteiger partial charge on any atom is 0.223 e. The number of amides is 1. The van der Waals surface area contributed by atoms with Gasteiger partial charge in [0.1, 0.15) is 11.6 Å². The molecular formula is C12H19N5O.